The van der Waals surface area contributed by atoms with Crippen LogP contribution in [0.25, 0.3) is 11.0 Å². The fourth-order valence-corrected chi connectivity index (χ4v) is 2.49. The third-order valence-corrected chi connectivity index (χ3v) is 3.64. The molecule has 0 unspecified atom stereocenters. The highest BCUT2D eigenvalue weighted by Crippen LogP contribution is 2.24. The van der Waals surface area contributed by atoms with Crippen molar-refractivity contribution in [2.75, 3.05) is 5.32 Å². The minimum atomic E-state index is -0.745. The van der Waals surface area contributed by atoms with Gasteiger partial charge >= 0.3 is 5.97 Å². The van der Waals surface area contributed by atoms with E-state index in [-0.39, 0.29) is 22.6 Å². The minimum absolute atomic E-state index is 0.121. The molecule has 1 amide bonds. The molecule has 0 aliphatic heterocycles. The smallest absolute Gasteiger partial charge is 0.374 e. The van der Waals surface area contributed by atoms with E-state index in [1.165, 1.54) is 0 Å². The highest BCUT2D eigenvalue weighted by molar-refractivity contribution is 6.08. The minimum Gasteiger partial charge on any atom is -0.454 e. The zero-order chi connectivity index (χ0) is 19.6. The van der Waals surface area contributed by atoms with Gasteiger partial charge in [-0.15, -0.1) is 0 Å². The summed E-state index contributed by atoms with van der Waals surface area (Å²) in [6.45, 7) is 5.15. The second-order valence-electron chi connectivity index (χ2n) is 6.98. The lowest BCUT2D eigenvalue weighted by Gasteiger charge is -2.19. The summed E-state index contributed by atoms with van der Waals surface area (Å²) in [5.74, 6) is -1.32. The zero-order valence-electron chi connectivity index (χ0n) is 15.2. The second-order valence-corrected chi connectivity index (χ2v) is 6.98. The molecule has 0 saturated heterocycles. The van der Waals surface area contributed by atoms with Crippen LogP contribution in [0.2, 0.25) is 0 Å². The van der Waals surface area contributed by atoms with E-state index in [4.69, 9.17) is 9.15 Å². The van der Waals surface area contributed by atoms with E-state index in [0.717, 1.165) is 6.07 Å². The summed E-state index contributed by atoms with van der Waals surface area (Å²) in [6.07, 6.45) is 0. The number of rotatable bonds is 3. The van der Waals surface area contributed by atoms with Crippen LogP contribution in [-0.4, -0.2) is 17.5 Å². The van der Waals surface area contributed by atoms with Gasteiger partial charge in [0.2, 0.25) is 5.76 Å². The average Bonchev–Trinajstić information content (AvgIpc) is 2.61. The van der Waals surface area contributed by atoms with Crippen molar-refractivity contribution < 1.29 is 18.7 Å². The first-order valence-corrected chi connectivity index (χ1v) is 8.41. The Balaban J connectivity index is 2.02. The first kappa shape index (κ1) is 18.4. The molecule has 6 heteroatoms. The molecule has 0 aliphatic carbocycles. The third-order valence-electron chi connectivity index (χ3n) is 3.64. The maximum absolute atomic E-state index is 12.4. The van der Waals surface area contributed by atoms with Crippen molar-refractivity contribution in [1.29, 1.82) is 0 Å². The Kier molecular flexibility index (Phi) is 4.81. The molecule has 0 spiro atoms. The highest BCUT2D eigenvalue weighted by Gasteiger charge is 2.22. The molecule has 1 N–H and O–H groups in total. The van der Waals surface area contributed by atoms with Crippen molar-refractivity contribution in [2.24, 2.45) is 0 Å². The molecule has 0 fully saturated rings. The lowest BCUT2D eigenvalue weighted by atomic mass is 10.1. The SMILES string of the molecule is CC(C)(C)OC(=O)c1cc(=O)c2cccc(NC(=O)c3ccccc3)c2o1. The van der Waals surface area contributed by atoms with Crippen LogP contribution in [-0.2, 0) is 4.74 Å². The van der Waals surface area contributed by atoms with Gasteiger partial charge in [0.1, 0.15) is 5.60 Å². The van der Waals surface area contributed by atoms with Crippen LogP contribution in [0.1, 0.15) is 41.7 Å². The van der Waals surface area contributed by atoms with Crippen LogP contribution in [0.3, 0.4) is 0 Å². The van der Waals surface area contributed by atoms with Crippen LogP contribution in [0.4, 0.5) is 5.69 Å². The molecule has 27 heavy (non-hydrogen) atoms. The number of hydrogen-bond donors (Lipinski definition) is 1. The zero-order valence-corrected chi connectivity index (χ0v) is 15.2. The summed E-state index contributed by atoms with van der Waals surface area (Å²) in [4.78, 5) is 37.1. The molecule has 1 aromatic heterocycles. The van der Waals surface area contributed by atoms with E-state index >= 15 is 0 Å². The van der Waals surface area contributed by atoms with E-state index in [2.05, 4.69) is 5.32 Å². The van der Waals surface area contributed by atoms with Gasteiger partial charge in [0.15, 0.2) is 11.0 Å². The number of hydrogen-bond acceptors (Lipinski definition) is 5. The topological polar surface area (TPSA) is 85.6 Å². The first-order valence-electron chi connectivity index (χ1n) is 8.41. The monoisotopic (exact) mass is 365 g/mol. The molecule has 3 aromatic rings. The molecular weight excluding hydrogens is 346 g/mol. The molecule has 1 heterocycles. The van der Waals surface area contributed by atoms with Gasteiger partial charge in [0.25, 0.3) is 5.91 Å². The van der Waals surface area contributed by atoms with E-state index in [1.54, 1.807) is 69.3 Å². The molecule has 0 radical (unpaired) electrons. The van der Waals surface area contributed by atoms with E-state index < -0.39 is 17.0 Å². The molecule has 0 atom stereocenters. The summed E-state index contributed by atoms with van der Waals surface area (Å²) < 4.78 is 10.9. The molecule has 0 saturated carbocycles. The van der Waals surface area contributed by atoms with Gasteiger partial charge in [0, 0.05) is 11.6 Å². The number of ether oxygens (including phenoxy) is 1. The number of nitrogens with one attached hydrogen (secondary N) is 1. The van der Waals surface area contributed by atoms with Crippen molar-refractivity contribution in [3.63, 3.8) is 0 Å². The fraction of sp³-hybridized carbons (Fsp3) is 0.190. The van der Waals surface area contributed by atoms with Crippen molar-refractivity contribution in [1.82, 2.24) is 0 Å². The number of anilines is 1. The Morgan fingerprint density at radius 1 is 1.00 bits per heavy atom. The molecule has 6 nitrogen and oxygen atoms in total. The van der Waals surface area contributed by atoms with Gasteiger partial charge in [-0.1, -0.05) is 24.3 Å². The van der Waals surface area contributed by atoms with Crippen LogP contribution in [0.5, 0.6) is 0 Å². The number of para-hydroxylation sites is 1. The average molecular weight is 365 g/mol. The van der Waals surface area contributed by atoms with E-state index in [0.29, 0.717) is 11.3 Å². The summed E-state index contributed by atoms with van der Waals surface area (Å²) in [5.41, 5.74) is -0.252. The van der Waals surface area contributed by atoms with Crippen LogP contribution in [0.15, 0.2) is 63.8 Å². The number of carbonyl (C=O) groups is 2. The molecule has 0 bridgehead atoms. The maximum Gasteiger partial charge on any atom is 0.374 e. The summed E-state index contributed by atoms with van der Waals surface area (Å²) in [6, 6.07) is 14.5. The van der Waals surface area contributed by atoms with Gasteiger partial charge < -0.3 is 14.5 Å². The number of esters is 1. The number of benzene rings is 2. The van der Waals surface area contributed by atoms with E-state index in [1.807, 2.05) is 0 Å². The number of fused-ring (bicyclic) bond motifs is 1. The van der Waals surface area contributed by atoms with Crippen molar-refractivity contribution in [3.05, 3.63) is 76.1 Å². The summed E-state index contributed by atoms with van der Waals surface area (Å²) >= 11 is 0. The Morgan fingerprint density at radius 3 is 2.37 bits per heavy atom. The summed E-state index contributed by atoms with van der Waals surface area (Å²) in [7, 11) is 0. The predicted molar refractivity (Wildman–Crippen MR) is 102 cm³/mol. The molecule has 138 valence electrons. The molecular formula is C21H19NO5. The van der Waals surface area contributed by atoms with Crippen molar-refractivity contribution >= 4 is 28.5 Å². The normalized spacial score (nSPS) is 11.2. The predicted octanol–water partition coefficient (Wildman–Crippen LogP) is 4.00. The van der Waals surface area contributed by atoms with Crippen LogP contribution >= 0.6 is 0 Å². The van der Waals surface area contributed by atoms with Crippen molar-refractivity contribution in [2.45, 2.75) is 26.4 Å². The number of amides is 1. The first-order chi connectivity index (χ1) is 12.7. The Labute approximate surface area is 155 Å². The van der Waals surface area contributed by atoms with Crippen LogP contribution < -0.4 is 10.7 Å². The highest BCUT2D eigenvalue weighted by atomic mass is 16.6. The van der Waals surface area contributed by atoms with Gasteiger partial charge in [-0.2, -0.15) is 0 Å². The molecule has 2 aromatic carbocycles. The second kappa shape index (κ2) is 7.07. The maximum atomic E-state index is 12.4. The van der Waals surface area contributed by atoms with E-state index in [9.17, 15) is 14.4 Å². The van der Waals surface area contributed by atoms with Gasteiger partial charge in [0.05, 0.1) is 11.1 Å². The summed E-state index contributed by atoms with van der Waals surface area (Å²) in [5, 5.41) is 2.98. The largest absolute Gasteiger partial charge is 0.454 e. The van der Waals surface area contributed by atoms with Gasteiger partial charge in [-0.25, -0.2) is 4.79 Å². The lowest BCUT2D eigenvalue weighted by Crippen LogP contribution is -2.24. The molecule has 0 aliphatic rings. The Hall–Kier alpha value is -3.41. The fourth-order valence-electron chi connectivity index (χ4n) is 2.49. The Bertz CT molecular complexity index is 1060. The van der Waals surface area contributed by atoms with Gasteiger partial charge in [-0.3, -0.25) is 9.59 Å². The van der Waals surface area contributed by atoms with Crippen molar-refractivity contribution in [3.8, 4) is 0 Å². The standard InChI is InChI=1S/C21H19NO5/c1-21(2,3)27-20(25)17-12-16(23)14-10-7-11-15(18(14)26-17)22-19(24)13-8-5-4-6-9-13/h4-12H,1-3H3,(H,22,24). The third kappa shape index (κ3) is 4.23. The van der Waals surface area contributed by atoms with Crippen LogP contribution in [0, 0.1) is 0 Å². The quantitative estimate of drug-likeness (QED) is 0.709. The van der Waals surface area contributed by atoms with Gasteiger partial charge in [-0.05, 0) is 45.0 Å². The number of carbonyl (C=O) groups excluding carboxylic acids is 2. The lowest BCUT2D eigenvalue weighted by molar-refractivity contribution is 0.00364. The molecule has 3 rings (SSSR count). The Morgan fingerprint density at radius 2 is 1.70 bits per heavy atom.